The second kappa shape index (κ2) is 5.32. The Morgan fingerprint density at radius 1 is 1.05 bits per heavy atom. The quantitative estimate of drug-likeness (QED) is 0.560. The highest BCUT2D eigenvalue weighted by Gasteiger charge is 2.11. The first-order chi connectivity index (χ1) is 10.3. The molecule has 0 saturated heterocycles. The summed E-state index contributed by atoms with van der Waals surface area (Å²) in [6.07, 6.45) is 6.46. The zero-order chi connectivity index (χ0) is 14.8. The molecule has 0 fully saturated rings. The molecule has 4 rings (SSSR count). The Labute approximate surface area is 120 Å². The molecule has 0 saturated carbocycles. The summed E-state index contributed by atoms with van der Waals surface area (Å²) in [6.45, 7) is 4.00. The van der Waals surface area contributed by atoms with Gasteiger partial charge in [-0.2, -0.15) is 0 Å². The van der Waals surface area contributed by atoms with Crippen molar-refractivity contribution < 1.29 is 4.39 Å². The summed E-state index contributed by atoms with van der Waals surface area (Å²) in [7, 11) is 0. The Morgan fingerprint density at radius 3 is 2.76 bits per heavy atom. The Bertz CT molecular complexity index is 893. The van der Waals surface area contributed by atoms with E-state index in [0.29, 0.717) is 16.9 Å². The van der Waals surface area contributed by atoms with Crippen molar-refractivity contribution in [3.05, 3.63) is 42.7 Å². The van der Waals surface area contributed by atoms with Gasteiger partial charge in [-0.05, 0) is 12.1 Å². The van der Waals surface area contributed by atoms with Crippen LogP contribution in [0, 0.1) is 5.82 Å². The van der Waals surface area contributed by atoms with Gasteiger partial charge >= 0.3 is 0 Å². The Balaban J connectivity index is 0.000000636. The minimum atomic E-state index is -0.380. The lowest BCUT2D eigenvalue weighted by atomic mass is 10.2. The van der Waals surface area contributed by atoms with Crippen molar-refractivity contribution in [1.29, 1.82) is 0 Å². The molecule has 0 amide bonds. The van der Waals surface area contributed by atoms with Crippen LogP contribution >= 0.6 is 0 Å². The number of hydrogen-bond donors (Lipinski definition) is 2. The highest BCUT2D eigenvalue weighted by molar-refractivity contribution is 5.92. The van der Waals surface area contributed by atoms with E-state index in [4.69, 9.17) is 0 Å². The van der Waals surface area contributed by atoms with E-state index in [1.807, 2.05) is 19.9 Å². The third-order valence-corrected chi connectivity index (χ3v) is 3.04. The molecule has 0 aliphatic rings. The molecule has 0 aliphatic heterocycles. The lowest BCUT2D eigenvalue weighted by molar-refractivity contribution is 0.624. The van der Waals surface area contributed by atoms with Gasteiger partial charge < -0.3 is 9.97 Å². The second-order valence-electron chi connectivity index (χ2n) is 4.23. The molecular formula is C15H14FN5. The number of aromatic nitrogens is 5. The monoisotopic (exact) mass is 283 g/mol. The molecule has 4 aromatic heterocycles. The number of pyridine rings is 1. The first-order valence-electron chi connectivity index (χ1n) is 6.74. The number of halogens is 1. The van der Waals surface area contributed by atoms with E-state index in [1.54, 1.807) is 18.6 Å². The van der Waals surface area contributed by atoms with Gasteiger partial charge in [0.05, 0.1) is 6.20 Å². The Hall–Kier alpha value is -2.76. The molecule has 0 aliphatic carbocycles. The van der Waals surface area contributed by atoms with Crippen LogP contribution in [-0.2, 0) is 0 Å². The van der Waals surface area contributed by atoms with Crippen molar-refractivity contribution in [2.75, 3.05) is 0 Å². The van der Waals surface area contributed by atoms with Crippen LogP contribution in [0.15, 0.2) is 36.9 Å². The molecule has 0 bridgehead atoms. The molecule has 0 radical (unpaired) electrons. The molecular weight excluding hydrogens is 269 g/mol. The molecule has 2 N–H and O–H groups in total. The standard InChI is InChI=1S/C13H8FN5.C2H6/c14-8-3-9-10(6-18-12(9)17-5-8)13-16-4-7-1-2-15-11(7)19-13;1-2/h1-6H,(H,17,18)(H,15,16,19);1-2H3. The van der Waals surface area contributed by atoms with Crippen molar-refractivity contribution in [1.82, 2.24) is 24.9 Å². The minimum absolute atomic E-state index is 0.380. The van der Waals surface area contributed by atoms with Gasteiger partial charge in [-0.3, -0.25) is 0 Å². The van der Waals surface area contributed by atoms with E-state index in [2.05, 4.69) is 24.9 Å². The number of rotatable bonds is 1. The van der Waals surface area contributed by atoms with Gasteiger partial charge in [0.2, 0.25) is 0 Å². The number of fused-ring (bicyclic) bond motifs is 2. The van der Waals surface area contributed by atoms with E-state index >= 15 is 0 Å². The maximum absolute atomic E-state index is 13.3. The van der Waals surface area contributed by atoms with Crippen LogP contribution in [0.3, 0.4) is 0 Å². The zero-order valence-corrected chi connectivity index (χ0v) is 11.7. The highest BCUT2D eigenvalue weighted by atomic mass is 19.1. The van der Waals surface area contributed by atoms with Crippen LogP contribution in [0.1, 0.15) is 13.8 Å². The molecule has 4 heterocycles. The summed E-state index contributed by atoms with van der Waals surface area (Å²) in [5.74, 6) is 0.155. The van der Waals surface area contributed by atoms with E-state index in [9.17, 15) is 4.39 Å². The van der Waals surface area contributed by atoms with Crippen LogP contribution in [0.4, 0.5) is 4.39 Å². The van der Waals surface area contributed by atoms with E-state index in [-0.39, 0.29) is 5.82 Å². The smallest absolute Gasteiger partial charge is 0.163 e. The maximum atomic E-state index is 13.3. The van der Waals surface area contributed by atoms with Crippen LogP contribution < -0.4 is 0 Å². The van der Waals surface area contributed by atoms with Gasteiger partial charge in [0.15, 0.2) is 5.82 Å². The predicted octanol–water partition coefficient (Wildman–Crippen LogP) is 3.67. The number of hydrogen-bond acceptors (Lipinski definition) is 3. The van der Waals surface area contributed by atoms with E-state index < -0.39 is 0 Å². The normalized spacial score (nSPS) is 10.6. The van der Waals surface area contributed by atoms with Crippen molar-refractivity contribution in [3.63, 3.8) is 0 Å². The maximum Gasteiger partial charge on any atom is 0.163 e. The third-order valence-electron chi connectivity index (χ3n) is 3.04. The van der Waals surface area contributed by atoms with Gasteiger partial charge in [0.25, 0.3) is 0 Å². The summed E-state index contributed by atoms with van der Waals surface area (Å²) in [5.41, 5.74) is 2.11. The number of nitrogens with one attached hydrogen (secondary N) is 2. The molecule has 5 nitrogen and oxygen atoms in total. The van der Waals surface area contributed by atoms with Crippen molar-refractivity contribution in [2.45, 2.75) is 13.8 Å². The first-order valence-corrected chi connectivity index (χ1v) is 6.74. The van der Waals surface area contributed by atoms with Crippen LogP contribution in [0.2, 0.25) is 0 Å². The summed E-state index contributed by atoms with van der Waals surface area (Å²) in [6, 6.07) is 3.33. The molecule has 21 heavy (non-hydrogen) atoms. The minimum Gasteiger partial charge on any atom is -0.346 e. The summed E-state index contributed by atoms with van der Waals surface area (Å²) >= 11 is 0. The predicted molar refractivity (Wildman–Crippen MR) is 80.3 cm³/mol. The molecule has 0 unspecified atom stereocenters. The summed E-state index contributed by atoms with van der Waals surface area (Å²) in [5, 5.41) is 1.61. The van der Waals surface area contributed by atoms with Gasteiger partial charge in [0.1, 0.15) is 17.1 Å². The summed E-state index contributed by atoms with van der Waals surface area (Å²) in [4.78, 5) is 18.7. The fourth-order valence-electron chi connectivity index (χ4n) is 2.13. The molecule has 0 aromatic carbocycles. The van der Waals surface area contributed by atoms with Crippen molar-refractivity contribution >= 4 is 22.1 Å². The second-order valence-corrected chi connectivity index (χ2v) is 4.23. The topological polar surface area (TPSA) is 70.2 Å². The fourth-order valence-corrected chi connectivity index (χ4v) is 2.13. The van der Waals surface area contributed by atoms with Crippen molar-refractivity contribution in [3.8, 4) is 11.4 Å². The molecule has 0 spiro atoms. The largest absolute Gasteiger partial charge is 0.346 e. The average molecular weight is 283 g/mol. The SMILES string of the molecule is CC.Fc1cnc2[nH]cc(-c3ncc4cc[nH]c4n3)c2c1. The zero-order valence-electron chi connectivity index (χ0n) is 11.7. The number of aromatic amines is 2. The lowest BCUT2D eigenvalue weighted by Crippen LogP contribution is -1.88. The van der Waals surface area contributed by atoms with Crippen LogP contribution in [0.5, 0.6) is 0 Å². The summed E-state index contributed by atoms with van der Waals surface area (Å²) < 4.78 is 13.3. The molecule has 0 atom stereocenters. The van der Waals surface area contributed by atoms with Gasteiger partial charge in [-0.15, -0.1) is 0 Å². The van der Waals surface area contributed by atoms with Crippen molar-refractivity contribution in [2.24, 2.45) is 0 Å². The molecule has 4 aromatic rings. The first kappa shape index (κ1) is 13.2. The van der Waals surface area contributed by atoms with Gasteiger partial charge in [0, 0.05) is 34.9 Å². The number of H-pyrrole nitrogens is 2. The highest BCUT2D eigenvalue weighted by Crippen LogP contribution is 2.26. The fraction of sp³-hybridized carbons (Fsp3) is 0.133. The molecule has 106 valence electrons. The Morgan fingerprint density at radius 2 is 1.90 bits per heavy atom. The van der Waals surface area contributed by atoms with Crippen LogP contribution in [0.25, 0.3) is 33.5 Å². The Kier molecular flexibility index (Phi) is 3.35. The van der Waals surface area contributed by atoms with E-state index in [1.165, 1.54) is 12.3 Å². The number of nitrogens with zero attached hydrogens (tertiary/aromatic N) is 3. The van der Waals surface area contributed by atoms with E-state index in [0.717, 1.165) is 16.6 Å². The lowest BCUT2D eigenvalue weighted by Gasteiger charge is -1.98. The molecule has 6 heteroatoms. The van der Waals surface area contributed by atoms with Gasteiger partial charge in [-0.25, -0.2) is 19.3 Å². The third kappa shape index (κ3) is 2.24. The van der Waals surface area contributed by atoms with Gasteiger partial charge in [-0.1, -0.05) is 13.8 Å². The average Bonchev–Trinajstić information content (AvgIpc) is 3.14. The van der Waals surface area contributed by atoms with Crippen LogP contribution in [-0.4, -0.2) is 24.9 Å².